The van der Waals surface area contributed by atoms with Gasteiger partial charge in [-0.15, -0.1) is 0 Å². The minimum absolute atomic E-state index is 0.196. The van der Waals surface area contributed by atoms with Gasteiger partial charge >= 0.3 is 5.97 Å². The highest BCUT2D eigenvalue weighted by Gasteiger charge is 2.23. The highest BCUT2D eigenvalue weighted by atomic mass is 16.5. The largest absolute Gasteiger partial charge is 0.497 e. The van der Waals surface area contributed by atoms with Gasteiger partial charge in [-0.2, -0.15) is 0 Å². The zero-order valence-corrected chi connectivity index (χ0v) is 19.7. The maximum Gasteiger partial charge on any atom is 0.357 e. The molecule has 2 aromatic carbocycles. The van der Waals surface area contributed by atoms with Crippen molar-refractivity contribution in [1.29, 1.82) is 0 Å². The number of nitrogens with one attached hydrogen (secondary N) is 1. The molecule has 0 atom stereocenters. The van der Waals surface area contributed by atoms with Crippen LogP contribution in [0.5, 0.6) is 11.5 Å². The van der Waals surface area contributed by atoms with Gasteiger partial charge in [0.25, 0.3) is 0 Å². The Kier molecular flexibility index (Phi) is 7.23. The van der Waals surface area contributed by atoms with Gasteiger partial charge in [-0.25, -0.2) is 9.78 Å². The second-order valence-electron chi connectivity index (χ2n) is 8.53. The Labute approximate surface area is 189 Å². The van der Waals surface area contributed by atoms with Gasteiger partial charge in [0.15, 0.2) is 5.69 Å². The SMILES string of the molecule is CCOC(=O)c1cc(NCc2ccc(OC)cc2)c2cc(OCC)cc(C(C)(C)C)c2n1. The summed E-state index contributed by atoms with van der Waals surface area (Å²) in [6, 6.07) is 13.6. The normalized spacial score (nSPS) is 11.3. The van der Waals surface area contributed by atoms with Gasteiger partial charge in [0.1, 0.15) is 11.5 Å². The number of ether oxygens (including phenoxy) is 3. The first-order chi connectivity index (χ1) is 15.3. The highest BCUT2D eigenvalue weighted by molar-refractivity contribution is 6.00. The molecule has 6 nitrogen and oxygen atoms in total. The number of carbonyl (C=O) groups excluding carboxylic acids is 1. The number of pyridine rings is 1. The molecule has 1 N–H and O–H groups in total. The molecule has 0 fully saturated rings. The van der Waals surface area contributed by atoms with Crippen LogP contribution in [-0.2, 0) is 16.7 Å². The Bertz CT molecular complexity index is 1090. The van der Waals surface area contributed by atoms with E-state index in [2.05, 4.69) is 26.1 Å². The Balaban J connectivity index is 2.13. The minimum atomic E-state index is -0.435. The lowest BCUT2D eigenvalue weighted by Crippen LogP contribution is -2.15. The summed E-state index contributed by atoms with van der Waals surface area (Å²) in [5.74, 6) is 1.16. The zero-order chi connectivity index (χ0) is 23.3. The molecule has 0 saturated carbocycles. The first-order valence-corrected chi connectivity index (χ1v) is 10.9. The molecule has 0 amide bonds. The third kappa shape index (κ3) is 5.31. The molecule has 3 rings (SSSR count). The average Bonchev–Trinajstić information content (AvgIpc) is 2.77. The second kappa shape index (κ2) is 9.90. The van der Waals surface area contributed by atoms with Gasteiger partial charge in [-0.1, -0.05) is 32.9 Å². The van der Waals surface area contributed by atoms with E-state index in [9.17, 15) is 4.79 Å². The van der Waals surface area contributed by atoms with E-state index in [4.69, 9.17) is 19.2 Å². The van der Waals surface area contributed by atoms with Crippen LogP contribution in [0.3, 0.4) is 0 Å². The molecule has 0 saturated heterocycles. The molecule has 6 heteroatoms. The van der Waals surface area contributed by atoms with Crippen LogP contribution in [0.1, 0.15) is 56.2 Å². The summed E-state index contributed by atoms with van der Waals surface area (Å²) in [7, 11) is 1.65. The van der Waals surface area contributed by atoms with E-state index in [1.807, 2.05) is 43.3 Å². The predicted octanol–water partition coefficient (Wildman–Crippen LogP) is 5.73. The topological polar surface area (TPSA) is 69.7 Å². The molecule has 32 heavy (non-hydrogen) atoms. The van der Waals surface area contributed by atoms with Crippen LogP contribution >= 0.6 is 0 Å². The van der Waals surface area contributed by atoms with Crippen molar-refractivity contribution in [3.63, 3.8) is 0 Å². The molecule has 0 aliphatic carbocycles. The van der Waals surface area contributed by atoms with Crippen LogP contribution in [0.2, 0.25) is 0 Å². The molecule has 170 valence electrons. The Morgan fingerprint density at radius 3 is 2.31 bits per heavy atom. The Hall–Kier alpha value is -3.28. The molecule has 0 bridgehead atoms. The maximum atomic E-state index is 12.6. The van der Waals surface area contributed by atoms with Gasteiger partial charge in [0, 0.05) is 17.6 Å². The van der Waals surface area contributed by atoms with Gasteiger partial charge < -0.3 is 19.5 Å². The zero-order valence-electron chi connectivity index (χ0n) is 19.7. The summed E-state index contributed by atoms with van der Waals surface area (Å²) >= 11 is 0. The third-order valence-electron chi connectivity index (χ3n) is 5.13. The van der Waals surface area contributed by atoms with Crippen molar-refractivity contribution in [1.82, 2.24) is 4.98 Å². The number of hydrogen-bond acceptors (Lipinski definition) is 6. The number of hydrogen-bond donors (Lipinski definition) is 1. The highest BCUT2D eigenvalue weighted by Crippen LogP contribution is 2.36. The van der Waals surface area contributed by atoms with Crippen molar-refractivity contribution in [2.75, 3.05) is 25.6 Å². The number of methoxy groups -OCH3 is 1. The minimum Gasteiger partial charge on any atom is -0.497 e. The standard InChI is InChI=1S/C26H32N2O4/c1-7-31-19-13-20-22(27-16-17-9-11-18(30-6)12-10-17)15-23(25(29)32-8-2)28-24(20)21(14-19)26(3,4)5/h9-15H,7-8,16H2,1-6H3,(H,27,28). The van der Waals surface area contributed by atoms with Gasteiger partial charge in [0.05, 0.1) is 25.8 Å². The molecule has 0 radical (unpaired) electrons. The molecular weight excluding hydrogens is 404 g/mol. The molecule has 0 aliphatic heterocycles. The van der Waals surface area contributed by atoms with Crippen LogP contribution in [0.4, 0.5) is 5.69 Å². The van der Waals surface area contributed by atoms with E-state index in [0.29, 0.717) is 19.8 Å². The van der Waals surface area contributed by atoms with E-state index in [-0.39, 0.29) is 11.1 Å². The van der Waals surface area contributed by atoms with Crippen molar-refractivity contribution < 1.29 is 19.0 Å². The first kappa shape index (κ1) is 23.4. The second-order valence-corrected chi connectivity index (χ2v) is 8.53. The summed E-state index contributed by atoms with van der Waals surface area (Å²) in [4.78, 5) is 17.3. The fourth-order valence-corrected chi connectivity index (χ4v) is 3.52. The van der Waals surface area contributed by atoms with Crippen LogP contribution in [0, 0.1) is 0 Å². The molecule has 3 aromatic rings. The number of esters is 1. The maximum absolute atomic E-state index is 12.6. The first-order valence-electron chi connectivity index (χ1n) is 10.9. The van der Waals surface area contributed by atoms with Crippen molar-refractivity contribution >= 4 is 22.6 Å². The lowest BCUT2D eigenvalue weighted by molar-refractivity contribution is 0.0520. The quantitative estimate of drug-likeness (QED) is 0.455. The van der Waals surface area contributed by atoms with E-state index in [0.717, 1.165) is 39.2 Å². The summed E-state index contributed by atoms with van der Waals surface area (Å²) in [6.07, 6.45) is 0. The molecule has 0 spiro atoms. The van der Waals surface area contributed by atoms with E-state index in [1.54, 1.807) is 20.1 Å². The predicted molar refractivity (Wildman–Crippen MR) is 128 cm³/mol. The lowest BCUT2D eigenvalue weighted by Gasteiger charge is -2.23. The number of rotatable bonds is 8. The fraction of sp³-hybridized carbons (Fsp3) is 0.385. The fourth-order valence-electron chi connectivity index (χ4n) is 3.52. The molecule has 1 aromatic heterocycles. The van der Waals surface area contributed by atoms with E-state index < -0.39 is 5.97 Å². The van der Waals surface area contributed by atoms with Crippen molar-refractivity contribution in [3.8, 4) is 11.5 Å². The van der Waals surface area contributed by atoms with Gasteiger partial charge in [-0.05, 0) is 60.7 Å². The molecule has 0 aliphatic rings. The van der Waals surface area contributed by atoms with E-state index >= 15 is 0 Å². The summed E-state index contributed by atoms with van der Waals surface area (Å²) in [5, 5.41) is 4.39. The molecule has 1 heterocycles. The molecule has 0 unspecified atom stereocenters. The van der Waals surface area contributed by atoms with Crippen molar-refractivity contribution in [3.05, 3.63) is 59.3 Å². The van der Waals surface area contributed by atoms with Crippen LogP contribution in [-0.4, -0.2) is 31.3 Å². The van der Waals surface area contributed by atoms with Crippen molar-refractivity contribution in [2.24, 2.45) is 0 Å². The van der Waals surface area contributed by atoms with Crippen LogP contribution < -0.4 is 14.8 Å². The number of nitrogens with zero attached hydrogens (tertiary/aromatic N) is 1. The average molecular weight is 437 g/mol. The number of fused-ring (bicyclic) bond motifs is 1. The van der Waals surface area contributed by atoms with Crippen LogP contribution in [0.25, 0.3) is 10.9 Å². The Morgan fingerprint density at radius 1 is 1.00 bits per heavy atom. The lowest BCUT2D eigenvalue weighted by atomic mass is 9.85. The van der Waals surface area contributed by atoms with Crippen molar-refractivity contribution in [2.45, 2.75) is 46.6 Å². The summed E-state index contributed by atoms with van der Waals surface area (Å²) in [6.45, 7) is 11.6. The Morgan fingerprint density at radius 2 is 1.72 bits per heavy atom. The summed E-state index contributed by atoms with van der Waals surface area (Å²) in [5.41, 5.74) is 3.76. The van der Waals surface area contributed by atoms with Crippen LogP contribution in [0.15, 0.2) is 42.5 Å². The van der Waals surface area contributed by atoms with Gasteiger partial charge in [0.2, 0.25) is 0 Å². The number of anilines is 1. The van der Waals surface area contributed by atoms with E-state index in [1.165, 1.54) is 0 Å². The number of benzene rings is 2. The number of aromatic nitrogens is 1. The smallest absolute Gasteiger partial charge is 0.357 e. The number of carbonyl (C=O) groups is 1. The third-order valence-corrected chi connectivity index (χ3v) is 5.13. The summed E-state index contributed by atoms with van der Waals surface area (Å²) < 4.78 is 16.3. The van der Waals surface area contributed by atoms with Gasteiger partial charge in [-0.3, -0.25) is 0 Å². The monoisotopic (exact) mass is 436 g/mol. The molecular formula is C26H32N2O4.